The monoisotopic (exact) mass is 249 g/mol. The van der Waals surface area contributed by atoms with Gasteiger partial charge in [0.05, 0.1) is 19.2 Å². The Morgan fingerprint density at radius 1 is 1.33 bits per heavy atom. The van der Waals surface area contributed by atoms with Gasteiger partial charge < -0.3 is 15.2 Å². The molecule has 0 radical (unpaired) electrons. The number of carbonyl (C=O) groups excluding carboxylic acids is 1. The Hall–Kier alpha value is -1.95. The van der Waals surface area contributed by atoms with E-state index in [0.717, 1.165) is 17.7 Å². The number of hydrogen-bond donors (Lipinski definition) is 2. The minimum absolute atomic E-state index is 0.0305. The summed E-state index contributed by atoms with van der Waals surface area (Å²) in [6.45, 7) is 1.62. The molecule has 1 atom stereocenters. The molecular formula is C12H15N3O3. The number of nitrogens with two attached hydrogens (primary N) is 1. The van der Waals surface area contributed by atoms with Gasteiger partial charge in [-0.05, 0) is 18.2 Å². The molecule has 3 N–H and O–H groups in total. The maximum atomic E-state index is 11.4. The molecule has 1 fully saturated rings. The molecule has 2 heterocycles. The summed E-state index contributed by atoms with van der Waals surface area (Å²) in [4.78, 5) is 11.4. The van der Waals surface area contributed by atoms with E-state index < -0.39 is 0 Å². The van der Waals surface area contributed by atoms with Crippen molar-refractivity contribution in [2.75, 3.05) is 25.5 Å². The van der Waals surface area contributed by atoms with E-state index in [1.165, 1.54) is 5.01 Å². The van der Waals surface area contributed by atoms with Crippen LogP contribution < -0.4 is 15.9 Å². The molecule has 6 nitrogen and oxygen atoms in total. The van der Waals surface area contributed by atoms with Crippen molar-refractivity contribution in [3.63, 3.8) is 0 Å². The van der Waals surface area contributed by atoms with Crippen molar-refractivity contribution >= 4 is 11.8 Å². The quantitative estimate of drug-likeness (QED) is 0.766. The smallest absolute Gasteiger partial charge is 0.424 e. The summed E-state index contributed by atoms with van der Waals surface area (Å²) in [7, 11) is 0. The normalized spacial score (nSPS) is 22.3. The Morgan fingerprint density at radius 3 is 3.00 bits per heavy atom. The molecule has 1 aromatic carbocycles. The fourth-order valence-corrected chi connectivity index (χ4v) is 2.25. The van der Waals surface area contributed by atoms with Crippen LogP contribution in [0.15, 0.2) is 18.2 Å². The Morgan fingerprint density at radius 2 is 2.22 bits per heavy atom. The van der Waals surface area contributed by atoms with Crippen LogP contribution in [0.25, 0.3) is 0 Å². The summed E-state index contributed by atoms with van der Waals surface area (Å²) in [5.41, 5.74) is 10.6. The minimum atomic E-state index is -0.327. The second kappa shape index (κ2) is 4.38. The van der Waals surface area contributed by atoms with Gasteiger partial charge in [-0.3, -0.25) is 0 Å². The van der Waals surface area contributed by atoms with Crippen molar-refractivity contribution in [3.8, 4) is 5.75 Å². The van der Waals surface area contributed by atoms with E-state index in [2.05, 4.69) is 5.43 Å². The van der Waals surface area contributed by atoms with Crippen molar-refractivity contribution in [2.45, 2.75) is 12.5 Å². The first-order chi connectivity index (χ1) is 8.74. The number of rotatable bonds is 2. The number of anilines is 1. The van der Waals surface area contributed by atoms with Gasteiger partial charge in [0, 0.05) is 17.7 Å². The summed E-state index contributed by atoms with van der Waals surface area (Å²) in [5, 5.41) is 1.50. The van der Waals surface area contributed by atoms with Crippen LogP contribution in [-0.4, -0.2) is 30.9 Å². The number of benzene rings is 1. The molecule has 1 saturated heterocycles. The fourth-order valence-electron chi connectivity index (χ4n) is 2.25. The first-order valence-corrected chi connectivity index (χ1v) is 5.97. The fraction of sp³-hybridized carbons (Fsp3) is 0.417. The molecule has 3 rings (SSSR count). The molecule has 2 aliphatic heterocycles. The van der Waals surface area contributed by atoms with E-state index >= 15 is 0 Å². The SMILES string of the molecule is Nc1ccc2c(c1)C(NN1CCOC1=O)CCO2. The first kappa shape index (κ1) is 11.2. The Labute approximate surface area is 105 Å². The average molecular weight is 249 g/mol. The molecule has 1 unspecified atom stereocenters. The van der Waals surface area contributed by atoms with Gasteiger partial charge in [0.2, 0.25) is 0 Å². The molecular weight excluding hydrogens is 234 g/mol. The topological polar surface area (TPSA) is 76.8 Å². The number of nitrogens with one attached hydrogen (secondary N) is 1. The maximum Gasteiger partial charge on any atom is 0.424 e. The summed E-state index contributed by atoms with van der Waals surface area (Å²) >= 11 is 0. The van der Waals surface area contributed by atoms with Crippen molar-refractivity contribution in [2.24, 2.45) is 0 Å². The molecule has 0 aromatic heterocycles. The third kappa shape index (κ3) is 1.95. The number of carbonyl (C=O) groups is 1. The molecule has 2 aliphatic rings. The molecule has 6 heteroatoms. The highest BCUT2D eigenvalue weighted by molar-refractivity contribution is 5.68. The first-order valence-electron chi connectivity index (χ1n) is 5.97. The van der Waals surface area contributed by atoms with Crippen molar-refractivity contribution in [1.82, 2.24) is 10.4 Å². The van der Waals surface area contributed by atoms with E-state index in [9.17, 15) is 4.79 Å². The zero-order valence-electron chi connectivity index (χ0n) is 9.89. The van der Waals surface area contributed by atoms with E-state index in [1.54, 1.807) is 0 Å². The predicted molar refractivity (Wildman–Crippen MR) is 64.9 cm³/mol. The van der Waals surface area contributed by atoms with E-state index in [0.29, 0.717) is 25.4 Å². The second-order valence-corrected chi connectivity index (χ2v) is 4.38. The van der Waals surface area contributed by atoms with E-state index in [4.69, 9.17) is 15.2 Å². The molecule has 0 bridgehead atoms. The van der Waals surface area contributed by atoms with Crippen LogP contribution in [-0.2, 0) is 4.74 Å². The molecule has 1 aromatic rings. The summed E-state index contributed by atoms with van der Waals surface area (Å²) < 4.78 is 10.5. The minimum Gasteiger partial charge on any atom is -0.493 e. The number of hydrazine groups is 1. The van der Waals surface area contributed by atoms with Crippen LogP contribution in [0.4, 0.5) is 10.5 Å². The van der Waals surface area contributed by atoms with Crippen LogP contribution >= 0.6 is 0 Å². The third-order valence-electron chi connectivity index (χ3n) is 3.15. The highest BCUT2D eigenvalue weighted by Crippen LogP contribution is 2.33. The summed E-state index contributed by atoms with van der Waals surface area (Å²) in [6, 6.07) is 5.59. The van der Waals surface area contributed by atoms with Crippen LogP contribution in [0.5, 0.6) is 5.75 Å². The van der Waals surface area contributed by atoms with Gasteiger partial charge in [0.25, 0.3) is 0 Å². The molecule has 1 amide bonds. The maximum absolute atomic E-state index is 11.4. The lowest BCUT2D eigenvalue weighted by molar-refractivity contribution is 0.130. The van der Waals surface area contributed by atoms with Gasteiger partial charge in [-0.15, -0.1) is 0 Å². The standard InChI is InChI=1S/C12H15N3O3/c13-8-1-2-11-9(7-8)10(3-5-17-11)14-15-4-6-18-12(15)16/h1-2,7,10,14H,3-6,13H2. The van der Waals surface area contributed by atoms with Crippen molar-refractivity contribution in [3.05, 3.63) is 23.8 Å². The largest absolute Gasteiger partial charge is 0.493 e. The number of fused-ring (bicyclic) bond motifs is 1. The molecule has 0 aliphatic carbocycles. The van der Waals surface area contributed by atoms with E-state index in [1.807, 2.05) is 18.2 Å². The van der Waals surface area contributed by atoms with Crippen LogP contribution in [0.1, 0.15) is 18.0 Å². The molecule has 96 valence electrons. The number of hydrogen-bond acceptors (Lipinski definition) is 5. The van der Waals surface area contributed by atoms with Gasteiger partial charge in [-0.2, -0.15) is 0 Å². The Kier molecular flexibility index (Phi) is 2.71. The van der Waals surface area contributed by atoms with Crippen molar-refractivity contribution in [1.29, 1.82) is 0 Å². The zero-order chi connectivity index (χ0) is 12.5. The van der Waals surface area contributed by atoms with Crippen molar-refractivity contribution < 1.29 is 14.3 Å². The predicted octanol–water partition coefficient (Wildman–Crippen LogP) is 1.05. The van der Waals surface area contributed by atoms with Crippen LogP contribution in [0.3, 0.4) is 0 Å². The van der Waals surface area contributed by atoms with Gasteiger partial charge in [-0.1, -0.05) is 0 Å². The number of nitrogen functional groups attached to an aromatic ring is 1. The van der Waals surface area contributed by atoms with Gasteiger partial charge in [0.15, 0.2) is 0 Å². The van der Waals surface area contributed by atoms with E-state index in [-0.39, 0.29) is 12.1 Å². The summed E-state index contributed by atoms with van der Waals surface area (Å²) in [6.07, 6.45) is 0.465. The lowest BCUT2D eigenvalue weighted by Gasteiger charge is -2.29. The number of nitrogens with zero attached hydrogens (tertiary/aromatic N) is 1. The number of amides is 1. The number of ether oxygens (including phenoxy) is 2. The zero-order valence-corrected chi connectivity index (χ0v) is 9.89. The lowest BCUT2D eigenvalue weighted by Crippen LogP contribution is -2.42. The summed E-state index contributed by atoms with van der Waals surface area (Å²) in [5.74, 6) is 0.820. The highest BCUT2D eigenvalue weighted by Gasteiger charge is 2.28. The molecule has 0 saturated carbocycles. The van der Waals surface area contributed by atoms with Gasteiger partial charge in [-0.25, -0.2) is 15.2 Å². The molecule has 18 heavy (non-hydrogen) atoms. The Bertz CT molecular complexity index is 478. The number of cyclic esters (lactones) is 1. The van der Waals surface area contributed by atoms with Gasteiger partial charge in [0.1, 0.15) is 12.4 Å². The lowest BCUT2D eigenvalue weighted by atomic mass is 10.0. The molecule has 0 spiro atoms. The Balaban J connectivity index is 1.82. The van der Waals surface area contributed by atoms with Gasteiger partial charge >= 0.3 is 6.09 Å². The van der Waals surface area contributed by atoms with Crippen LogP contribution in [0, 0.1) is 0 Å². The highest BCUT2D eigenvalue weighted by atomic mass is 16.6. The average Bonchev–Trinajstić information content (AvgIpc) is 2.76. The van der Waals surface area contributed by atoms with Crippen LogP contribution in [0.2, 0.25) is 0 Å². The third-order valence-corrected chi connectivity index (χ3v) is 3.15. The second-order valence-electron chi connectivity index (χ2n) is 4.38.